The average molecular weight is 461 g/mol. The molecule has 3 aromatic carbocycles. The van der Waals surface area contributed by atoms with Gasteiger partial charge in [-0.15, -0.1) is 0 Å². The maximum absolute atomic E-state index is 13.7. The molecule has 0 radical (unpaired) electrons. The Bertz CT molecular complexity index is 967. The SMILES string of the molecule is CCOc1ccc(Br)cc1SNc1ccc(NC(=O)c2ccccc2F)cc1. The number of halogens is 2. The molecule has 0 atom stereocenters. The molecule has 2 N–H and O–H groups in total. The van der Waals surface area contributed by atoms with E-state index in [4.69, 9.17) is 4.74 Å². The lowest BCUT2D eigenvalue weighted by Crippen LogP contribution is -2.13. The van der Waals surface area contributed by atoms with Gasteiger partial charge in [0, 0.05) is 15.8 Å². The third-order valence-corrected chi connectivity index (χ3v) is 5.12. The fraction of sp³-hybridized carbons (Fsp3) is 0.0952. The Labute approximate surface area is 175 Å². The molecule has 0 aliphatic heterocycles. The molecule has 0 unspecified atom stereocenters. The molecule has 0 spiro atoms. The number of nitrogens with one attached hydrogen (secondary N) is 2. The van der Waals surface area contributed by atoms with Crippen molar-refractivity contribution in [2.75, 3.05) is 16.6 Å². The smallest absolute Gasteiger partial charge is 0.258 e. The first-order chi connectivity index (χ1) is 13.6. The van der Waals surface area contributed by atoms with Crippen LogP contribution in [0.15, 0.2) is 76.1 Å². The monoisotopic (exact) mass is 460 g/mol. The first-order valence-electron chi connectivity index (χ1n) is 8.58. The number of carbonyl (C=O) groups is 1. The standard InChI is InChI=1S/C21H18BrFN2O2S/c1-2-27-19-12-7-14(22)13-20(19)28-25-16-10-8-15(9-11-16)24-21(26)17-5-3-4-6-18(17)23/h3-13,25H,2H2,1H3,(H,24,26). The zero-order chi connectivity index (χ0) is 19.9. The normalized spacial score (nSPS) is 10.4. The number of carbonyl (C=O) groups excluding carboxylic acids is 1. The third-order valence-electron chi connectivity index (χ3n) is 3.75. The van der Waals surface area contributed by atoms with Crippen LogP contribution in [-0.4, -0.2) is 12.5 Å². The summed E-state index contributed by atoms with van der Waals surface area (Å²) in [7, 11) is 0. The highest BCUT2D eigenvalue weighted by atomic mass is 79.9. The predicted molar refractivity (Wildman–Crippen MR) is 116 cm³/mol. The van der Waals surface area contributed by atoms with Crippen molar-refractivity contribution < 1.29 is 13.9 Å². The van der Waals surface area contributed by atoms with E-state index < -0.39 is 11.7 Å². The van der Waals surface area contributed by atoms with Gasteiger partial charge in [0.15, 0.2) is 0 Å². The summed E-state index contributed by atoms with van der Waals surface area (Å²) in [5, 5.41) is 2.69. The highest BCUT2D eigenvalue weighted by Gasteiger charge is 2.11. The van der Waals surface area contributed by atoms with Gasteiger partial charge in [-0.2, -0.15) is 0 Å². The van der Waals surface area contributed by atoms with Crippen molar-refractivity contribution in [3.63, 3.8) is 0 Å². The molecule has 144 valence electrons. The summed E-state index contributed by atoms with van der Waals surface area (Å²) in [6.07, 6.45) is 0. The lowest BCUT2D eigenvalue weighted by molar-refractivity contribution is 0.102. The average Bonchev–Trinajstić information content (AvgIpc) is 2.69. The van der Waals surface area contributed by atoms with Crippen molar-refractivity contribution in [3.8, 4) is 5.75 Å². The fourth-order valence-electron chi connectivity index (χ4n) is 2.42. The first kappa shape index (κ1) is 20.2. The van der Waals surface area contributed by atoms with Crippen LogP contribution in [0.1, 0.15) is 17.3 Å². The van der Waals surface area contributed by atoms with Gasteiger partial charge in [0.25, 0.3) is 5.91 Å². The number of rotatable bonds is 7. The first-order valence-corrected chi connectivity index (χ1v) is 10.2. The Balaban J connectivity index is 1.63. The van der Waals surface area contributed by atoms with Gasteiger partial charge < -0.3 is 14.8 Å². The van der Waals surface area contributed by atoms with Gasteiger partial charge in [-0.1, -0.05) is 28.1 Å². The zero-order valence-corrected chi connectivity index (χ0v) is 17.4. The molecule has 28 heavy (non-hydrogen) atoms. The summed E-state index contributed by atoms with van der Waals surface area (Å²) < 4.78 is 23.5. The van der Waals surface area contributed by atoms with Crippen molar-refractivity contribution in [1.29, 1.82) is 0 Å². The lowest BCUT2D eigenvalue weighted by atomic mass is 10.2. The zero-order valence-electron chi connectivity index (χ0n) is 15.0. The summed E-state index contributed by atoms with van der Waals surface area (Å²) in [6, 6.07) is 18.9. The molecule has 0 heterocycles. The van der Waals surface area contributed by atoms with Crippen molar-refractivity contribution >= 4 is 45.2 Å². The van der Waals surface area contributed by atoms with Crippen LogP contribution in [0.25, 0.3) is 0 Å². The largest absolute Gasteiger partial charge is 0.493 e. The van der Waals surface area contributed by atoms with Gasteiger partial charge in [0.05, 0.1) is 17.1 Å². The number of benzene rings is 3. The van der Waals surface area contributed by atoms with Crippen LogP contribution in [0.4, 0.5) is 15.8 Å². The van der Waals surface area contributed by atoms with E-state index in [2.05, 4.69) is 26.0 Å². The van der Waals surface area contributed by atoms with E-state index in [1.54, 1.807) is 24.3 Å². The van der Waals surface area contributed by atoms with E-state index in [0.717, 1.165) is 20.8 Å². The van der Waals surface area contributed by atoms with E-state index in [-0.39, 0.29) is 5.56 Å². The van der Waals surface area contributed by atoms with Crippen molar-refractivity contribution in [3.05, 3.63) is 82.6 Å². The van der Waals surface area contributed by atoms with E-state index in [1.165, 1.54) is 24.1 Å². The molecule has 7 heteroatoms. The highest BCUT2D eigenvalue weighted by molar-refractivity contribution is 9.10. The number of hydrogen-bond donors (Lipinski definition) is 2. The summed E-state index contributed by atoms with van der Waals surface area (Å²) in [5.74, 6) is -0.227. The molecule has 0 saturated carbocycles. The van der Waals surface area contributed by atoms with Gasteiger partial charge in [-0.3, -0.25) is 4.79 Å². The highest BCUT2D eigenvalue weighted by Crippen LogP contribution is 2.33. The molecule has 0 aliphatic carbocycles. The summed E-state index contributed by atoms with van der Waals surface area (Å²) >= 11 is 4.90. The van der Waals surface area contributed by atoms with E-state index >= 15 is 0 Å². The third kappa shape index (κ3) is 5.27. The van der Waals surface area contributed by atoms with Gasteiger partial charge in [0.2, 0.25) is 0 Å². The summed E-state index contributed by atoms with van der Waals surface area (Å²) in [5.41, 5.74) is 1.45. The number of ether oxygens (including phenoxy) is 1. The second kappa shape index (κ2) is 9.61. The number of amides is 1. The molecule has 1 amide bonds. The fourth-order valence-corrected chi connectivity index (χ4v) is 3.71. The van der Waals surface area contributed by atoms with Crippen LogP contribution in [0.5, 0.6) is 5.75 Å². The minimum Gasteiger partial charge on any atom is -0.493 e. The van der Waals surface area contributed by atoms with E-state index in [0.29, 0.717) is 12.3 Å². The van der Waals surface area contributed by atoms with Crippen molar-refractivity contribution in [2.24, 2.45) is 0 Å². The molecule has 3 aromatic rings. The minimum atomic E-state index is -0.547. The Hall–Kier alpha value is -2.51. The van der Waals surface area contributed by atoms with Crippen molar-refractivity contribution in [2.45, 2.75) is 11.8 Å². The lowest BCUT2D eigenvalue weighted by Gasteiger charge is -2.12. The van der Waals surface area contributed by atoms with Gasteiger partial charge in [-0.05, 0) is 73.5 Å². The summed E-state index contributed by atoms with van der Waals surface area (Å²) in [4.78, 5) is 13.1. The Morgan fingerprint density at radius 3 is 2.50 bits per heavy atom. The Morgan fingerprint density at radius 2 is 1.79 bits per heavy atom. The van der Waals surface area contributed by atoms with Crippen LogP contribution in [0.2, 0.25) is 0 Å². The number of hydrogen-bond acceptors (Lipinski definition) is 4. The maximum Gasteiger partial charge on any atom is 0.258 e. The van der Waals surface area contributed by atoms with Crippen LogP contribution >= 0.6 is 27.9 Å². The molecule has 0 aromatic heterocycles. The molecule has 0 bridgehead atoms. The van der Waals surface area contributed by atoms with Gasteiger partial charge in [0.1, 0.15) is 11.6 Å². The van der Waals surface area contributed by atoms with Crippen LogP contribution in [0, 0.1) is 5.82 Å². The molecule has 0 fully saturated rings. The van der Waals surface area contributed by atoms with Crippen LogP contribution in [-0.2, 0) is 0 Å². The van der Waals surface area contributed by atoms with E-state index in [1.807, 2.05) is 37.3 Å². The van der Waals surface area contributed by atoms with Crippen LogP contribution in [0.3, 0.4) is 0 Å². The maximum atomic E-state index is 13.7. The Morgan fingerprint density at radius 1 is 1.07 bits per heavy atom. The van der Waals surface area contributed by atoms with Crippen molar-refractivity contribution in [1.82, 2.24) is 0 Å². The molecular weight excluding hydrogens is 443 g/mol. The second-order valence-electron chi connectivity index (χ2n) is 5.74. The molecule has 3 rings (SSSR count). The number of anilines is 2. The molecule has 0 aliphatic rings. The minimum absolute atomic E-state index is 0.0124. The predicted octanol–water partition coefficient (Wildman–Crippen LogP) is 6.36. The quantitative estimate of drug-likeness (QED) is 0.402. The van der Waals surface area contributed by atoms with Gasteiger partial charge in [-0.25, -0.2) is 4.39 Å². The summed E-state index contributed by atoms with van der Waals surface area (Å²) in [6.45, 7) is 2.53. The van der Waals surface area contributed by atoms with E-state index in [9.17, 15) is 9.18 Å². The molecule has 4 nitrogen and oxygen atoms in total. The molecule has 0 saturated heterocycles. The Kier molecular flexibility index (Phi) is 6.95. The topological polar surface area (TPSA) is 50.4 Å². The van der Waals surface area contributed by atoms with Crippen LogP contribution < -0.4 is 14.8 Å². The second-order valence-corrected chi connectivity index (χ2v) is 7.50. The van der Waals surface area contributed by atoms with Gasteiger partial charge >= 0.3 is 0 Å². The molecular formula is C21H18BrFN2O2S.